The van der Waals surface area contributed by atoms with Crippen LogP contribution in [0.3, 0.4) is 0 Å². The maximum Gasteiger partial charge on any atom is 0.335 e. The summed E-state index contributed by atoms with van der Waals surface area (Å²) in [4.78, 5) is 25.9. The predicted octanol–water partition coefficient (Wildman–Crippen LogP) is 3.27. The van der Waals surface area contributed by atoms with Gasteiger partial charge in [-0.2, -0.15) is 0 Å². The Labute approximate surface area is 149 Å². The van der Waals surface area contributed by atoms with Crippen molar-refractivity contribution in [3.8, 4) is 0 Å². The third-order valence-electron chi connectivity index (χ3n) is 4.23. The SMILES string of the molecule is O=C(O)c1ccc(N2CCN(c3ccccc3Cl)CC2)c([N+](=O)[O-])c1. The molecule has 7 nitrogen and oxygen atoms in total. The maximum atomic E-state index is 11.3. The normalized spacial score (nSPS) is 14.4. The lowest BCUT2D eigenvalue weighted by molar-refractivity contribution is -0.384. The first-order chi connectivity index (χ1) is 12.0. The molecule has 2 aromatic rings. The minimum absolute atomic E-state index is 0.0925. The molecule has 0 spiro atoms. The molecule has 1 aliphatic heterocycles. The highest BCUT2D eigenvalue weighted by Crippen LogP contribution is 2.32. The highest BCUT2D eigenvalue weighted by atomic mass is 35.5. The van der Waals surface area contributed by atoms with Gasteiger partial charge in [0.1, 0.15) is 5.69 Å². The largest absolute Gasteiger partial charge is 0.478 e. The number of anilines is 2. The number of halogens is 1. The monoisotopic (exact) mass is 361 g/mol. The van der Waals surface area contributed by atoms with Crippen LogP contribution in [0.15, 0.2) is 42.5 Å². The highest BCUT2D eigenvalue weighted by Gasteiger charge is 2.25. The summed E-state index contributed by atoms with van der Waals surface area (Å²) in [5.41, 5.74) is 1.10. The Hall–Kier alpha value is -2.80. The zero-order valence-corrected chi connectivity index (χ0v) is 14.0. The summed E-state index contributed by atoms with van der Waals surface area (Å²) in [7, 11) is 0. The fraction of sp³-hybridized carbons (Fsp3) is 0.235. The van der Waals surface area contributed by atoms with E-state index >= 15 is 0 Å². The standard InChI is InChI=1S/C17H16ClN3O4/c18-13-3-1-2-4-14(13)19-7-9-20(10-8-19)15-6-5-12(17(22)23)11-16(15)21(24)25/h1-6,11H,7-10H2,(H,22,23). The van der Waals surface area contributed by atoms with E-state index in [-0.39, 0.29) is 11.3 Å². The van der Waals surface area contributed by atoms with E-state index in [1.807, 2.05) is 29.2 Å². The van der Waals surface area contributed by atoms with Gasteiger partial charge in [-0.25, -0.2) is 4.79 Å². The Morgan fingerprint density at radius 2 is 1.64 bits per heavy atom. The second-order valence-electron chi connectivity index (χ2n) is 5.69. The zero-order valence-electron chi connectivity index (χ0n) is 13.3. The van der Waals surface area contributed by atoms with E-state index in [9.17, 15) is 14.9 Å². The second kappa shape index (κ2) is 6.98. The average molecular weight is 362 g/mol. The van der Waals surface area contributed by atoms with Crippen molar-refractivity contribution in [3.05, 3.63) is 63.2 Å². The molecule has 1 saturated heterocycles. The van der Waals surface area contributed by atoms with E-state index in [2.05, 4.69) is 4.90 Å². The molecule has 1 aliphatic rings. The number of nitrogens with zero attached hydrogens (tertiary/aromatic N) is 3. The van der Waals surface area contributed by atoms with Crippen LogP contribution in [0.2, 0.25) is 5.02 Å². The molecule has 0 radical (unpaired) electrons. The van der Waals surface area contributed by atoms with E-state index < -0.39 is 10.9 Å². The third kappa shape index (κ3) is 3.51. The van der Waals surface area contributed by atoms with Crippen molar-refractivity contribution in [1.82, 2.24) is 0 Å². The molecule has 2 aromatic carbocycles. The number of hydrogen-bond acceptors (Lipinski definition) is 5. The molecule has 130 valence electrons. The van der Waals surface area contributed by atoms with Gasteiger partial charge in [0.2, 0.25) is 0 Å². The van der Waals surface area contributed by atoms with Crippen molar-refractivity contribution in [2.24, 2.45) is 0 Å². The highest BCUT2D eigenvalue weighted by molar-refractivity contribution is 6.33. The molecule has 1 N–H and O–H groups in total. The first kappa shape index (κ1) is 17.0. The minimum atomic E-state index is -1.18. The van der Waals surface area contributed by atoms with E-state index in [0.717, 1.165) is 11.8 Å². The fourth-order valence-corrected chi connectivity index (χ4v) is 3.22. The van der Waals surface area contributed by atoms with Crippen molar-refractivity contribution < 1.29 is 14.8 Å². The van der Waals surface area contributed by atoms with Gasteiger partial charge in [-0.1, -0.05) is 23.7 Å². The third-order valence-corrected chi connectivity index (χ3v) is 4.55. The number of carboxylic acids is 1. The molecule has 0 aliphatic carbocycles. The lowest BCUT2D eigenvalue weighted by Crippen LogP contribution is -2.46. The molecule has 8 heteroatoms. The molecule has 3 rings (SSSR count). The van der Waals surface area contributed by atoms with Gasteiger partial charge in [0.05, 0.1) is 21.2 Å². The smallest absolute Gasteiger partial charge is 0.335 e. The predicted molar refractivity (Wildman–Crippen MR) is 95.9 cm³/mol. The number of carboxylic acid groups (broad SMARTS) is 1. The van der Waals surface area contributed by atoms with Gasteiger partial charge >= 0.3 is 5.97 Å². The molecule has 0 saturated carbocycles. The lowest BCUT2D eigenvalue weighted by Gasteiger charge is -2.37. The zero-order chi connectivity index (χ0) is 18.0. The van der Waals surface area contributed by atoms with Crippen molar-refractivity contribution in [1.29, 1.82) is 0 Å². The summed E-state index contributed by atoms with van der Waals surface area (Å²) in [6, 6.07) is 11.6. The van der Waals surface area contributed by atoms with Gasteiger partial charge in [-0.15, -0.1) is 0 Å². The molecule has 0 amide bonds. The van der Waals surface area contributed by atoms with Crippen LogP contribution in [0.25, 0.3) is 0 Å². The topological polar surface area (TPSA) is 86.9 Å². The second-order valence-corrected chi connectivity index (χ2v) is 6.10. The van der Waals surface area contributed by atoms with Crippen LogP contribution in [-0.4, -0.2) is 42.2 Å². The summed E-state index contributed by atoms with van der Waals surface area (Å²) in [6.45, 7) is 2.50. The number of carbonyl (C=O) groups is 1. The molecular formula is C17H16ClN3O4. The quantitative estimate of drug-likeness (QED) is 0.664. The van der Waals surface area contributed by atoms with E-state index in [4.69, 9.17) is 16.7 Å². The number of nitro benzene ring substituents is 1. The van der Waals surface area contributed by atoms with Crippen LogP contribution in [0.1, 0.15) is 10.4 Å². The van der Waals surface area contributed by atoms with E-state index in [1.165, 1.54) is 12.1 Å². The summed E-state index contributed by atoms with van der Waals surface area (Å²) >= 11 is 6.22. The Balaban J connectivity index is 1.80. The maximum absolute atomic E-state index is 11.3. The van der Waals surface area contributed by atoms with E-state index in [1.54, 1.807) is 0 Å². The fourth-order valence-electron chi connectivity index (χ4n) is 2.97. The molecule has 0 bridgehead atoms. The lowest BCUT2D eigenvalue weighted by atomic mass is 10.1. The first-order valence-corrected chi connectivity index (χ1v) is 8.11. The number of aromatic carboxylic acids is 1. The minimum Gasteiger partial charge on any atom is -0.478 e. The van der Waals surface area contributed by atoms with E-state index in [0.29, 0.717) is 36.9 Å². The average Bonchev–Trinajstić information content (AvgIpc) is 2.61. The van der Waals surface area contributed by atoms with Gasteiger partial charge in [0, 0.05) is 32.2 Å². The Kier molecular flexibility index (Phi) is 4.76. The number of rotatable bonds is 4. The van der Waals surface area contributed by atoms with Gasteiger partial charge in [0.15, 0.2) is 0 Å². The summed E-state index contributed by atoms with van der Waals surface area (Å²) < 4.78 is 0. The molecule has 25 heavy (non-hydrogen) atoms. The number of para-hydroxylation sites is 1. The Morgan fingerprint density at radius 3 is 2.20 bits per heavy atom. The van der Waals surface area contributed by atoms with Gasteiger partial charge in [-0.3, -0.25) is 10.1 Å². The van der Waals surface area contributed by atoms with Gasteiger partial charge < -0.3 is 14.9 Å². The molecule has 1 heterocycles. The Morgan fingerprint density at radius 1 is 1.04 bits per heavy atom. The van der Waals surface area contributed by atoms with Crippen molar-refractivity contribution in [3.63, 3.8) is 0 Å². The van der Waals surface area contributed by atoms with Crippen LogP contribution in [0.4, 0.5) is 17.1 Å². The Bertz CT molecular complexity index is 819. The van der Waals surface area contributed by atoms with Crippen molar-refractivity contribution in [2.45, 2.75) is 0 Å². The van der Waals surface area contributed by atoms with Crippen LogP contribution in [0.5, 0.6) is 0 Å². The summed E-state index contributed by atoms with van der Waals surface area (Å²) in [5, 5.41) is 21.0. The molecule has 0 unspecified atom stereocenters. The van der Waals surface area contributed by atoms with Crippen LogP contribution < -0.4 is 9.80 Å². The number of benzene rings is 2. The molecule has 1 fully saturated rings. The molecular weight excluding hydrogens is 346 g/mol. The van der Waals surface area contributed by atoms with Crippen molar-refractivity contribution >= 4 is 34.6 Å². The van der Waals surface area contributed by atoms with Crippen LogP contribution >= 0.6 is 11.6 Å². The van der Waals surface area contributed by atoms with Gasteiger partial charge in [0.25, 0.3) is 5.69 Å². The van der Waals surface area contributed by atoms with Crippen molar-refractivity contribution in [2.75, 3.05) is 36.0 Å². The van der Waals surface area contributed by atoms with Gasteiger partial charge in [-0.05, 0) is 24.3 Å². The molecule has 0 aromatic heterocycles. The first-order valence-electron chi connectivity index (χ1n) is 7.73. The van der Waals surface area contributed by atoms with Crippen LogP contribution in [0, 0.1) is 10.1 Å². The number of piperazine rings is 1. The number of nitro groups is 1. The van der Waals surface area contributed by atoms with Crippen LogP contribution in [-0.2, 0) is 0 Å². The summed E-state index contributed by atoms with van der Waals surface area (Å²) in [5.74, 6) is -1.18. The number of hydrogen-bond donors (Lipinski definition) is 1. The summed E-state index contributed by atoms with van der Waals surface area (Å²) in [6.07, 6.45) is 0. The molecule has 0 atom stereocenters.